The highest BCUT2D eigenvalue weighted by Crippen LogP contribution is 1.85. The number of hydroxylamine groups is 2. The highest BCUT2D eigenvalue weighted by molar-refractivity contribution is 4.94. The summed E-state index contributed by atoms with van der Waals surface area (Å²) in [5, 5.41) is 1.64. The number of rotatable bonds is 4. The fourth-order valence-corrected chi connectivity index (χ4v) is 0.429. The fourth-order valence-electron chi connectivity index (χ4n) is 0.429. The third-order valence-corrected chi connectivity index (χ3v) is 0.765. The maximum Gasteiger partial charge on any atom is 0.0720 e. The van der Waals surface area contributed by atoms with E-state index >= 15 is 0 Å². The van der Waals surface area contributed by atoms with Gasteiger partial charge in [0.05, 0.1) is 6.61 Å². The van der Waals surface area contributed by atoms with E-state index in [9.17, 15) is 0 Å². The van der Waals surface area contributed by atoms with Gasteiger partial charge in [-0.2, -0.15) is 0 Å². The summed E-state index contributed by atoms with van der Waals surface area (Å²) in [6.07, 6.45) is 5.32. The maximum atomic E-state index is 5.04. The topological polar surface area (TPSA) is 12.5 Å². The van der Waals surface area contributed by atoms with E-state index in [4.69, 9.17) is 4.84 Å². The molecule has 0 aromatic carbocycles. The lowest BCUT2D eigenvalue weighted by Crippen LogP contribution is -2.10. The van der Waals surface area contributed by atoms with Crippen molar-refractivity contribution < 1.29 is 4.84 Å². The van der Waals surface area contributed by atoms with E-state index in [0.717, 1.165) is 0 Å². The summed E-state index contributed by atoms with van der Waals surface area (Å²) in [6, 6.07) is 0. The summed E-state index contributed by atoms with van der Waals surface area (Å²) in [5.74, 6) is 0. The van der Waals surface area contributed by atoms with Crippen molar-refractivity contribution in [3.8, 4) is 0 Å². The number of nitrogens with zero attached hydrogens (tertiary/aromatic N) is 1. The van der Waals surface area contributed by atoms with Crippen LogP contribution in [0.1, 0.15) is 6.92 Å². The van der Waals surface area contributed by atoms with E-state index in [1.165, 1.54) is 0 Å². The highest BCUT2D eigenvalue weighted by Gasteiger charge is 1.82. The predicted octanol–water partition coefficient (Wildman–Crippen LogP) is 1.57. The van der Waals surface area contributed by atoms with E-state index in [2.05, 4.69) is 6.58 Å². The summed E-state index contributed by atoms with van der Waals surface area (Å²) in [5.41, 5.74) is 0. The van der Waals surface area contributed by atoms with E-state index in [0.29, 0.717) is 6.61 Å². The second-order valence-corrected chi connectivity index (χ2v) is 1.54. The molecule has 0 saturated heterocycles. The van der Waals surface area contributed by atoms with Crippen LogP contribution in [0.2, 0.25) is 0 Å². The lowest BCUT2D eigenvalue weighted by Gasteiger charge is -2.10. The molecule has 0 radical (unpaired) electrons. The first-order valence-electron chi connectivity index (χ1n) is 2.96. The van der Waals surface area contributed by atoms with Crippen LogP contribution in [0.25, 0.3) is 0 Å². The molecule has 0 aromatic rings. The molecule has 52 valence electrons. The first-order valence-corrected chi connectivity index (χ1v) is 2.96. The Bertz CT molecular complexity index is 99.1. The largest absolute Gasteiger partial charge is 0.275 e. The monoisotopic (exact) mass is 127 g/mol. The van der Waals surface area contributed by atoms with Gasteiger partial charge in [-0.3, -0.25) is 9.90 Å². The first-order chi connectivity index (χ1) is 4.31. The molecule has 0 aliphatic rings. The molecule has 0 spiro atoms. The molecule has 0 unspecified atom stereocenters. The van der Waals surface area contributed by atoms with Crippen LogP contribution < -0.4 is 0 Å². The summed E-state index contributed by atoms with van der Waals surface area (Å²) < 4.78 is 0. The van der Waals surface area contributed by atoms with Crippen molar-refractivity contribution in [3.05, 3.63) is 24.9 Å². The molecule has 9 heavy (non-hydrogen) atoms. The van der Waals surface area contributed by atoms with E-state index < -0.39 is 0 Å². The van der Waals surface area contributed by atoms with Crippen molar-refractivity contribution in [3.63, 3.8) is 0 Å². The van der Waals surface area contributed by atoms with Crippen LogP contribution in [-0.4, -0.2) is 18.7 Å². The zero-order chi connectivity index (χ0) is 7.11. The number of hydrogen-bond acceptors (Lipinski definition) is 2. The van der Waals surface area contributed by atoms with Crippen molar-refractivity contribution in [1.29, 1.82) is 0 Å². The summed E-state index contributed by atoms with van der Waals surface area (Å²) in [7, 11) is 1.84. The highest BCUT2D eigenvalue weighted by atomic mass is 16.7. The van der Waals surface area contributed by atoms with Crippen molar-refractivity contribution >= 4 is 0 Å². The quantitative estimate of drug-likeness (QED) is 0.420. The minimum atomic E-state index is 0.692. The van der Waals surface area contributed by atoms with Crippen molar-refractivity contribution in [2.24, 2.45) is 0 Å². The molecule has 2 nitrogen and oxygen atoms in total. The minimum absolute atomic E-state index is 0.692. The minimum Gasteiger partial charge on any atom is -0.275 e. The fraction of sp³-hybridized carbons (Fsp3) is 0.429. The van der Waals surface area contributed by atoms with Gasteiger partial charge in [0.1, 0.15) is 0 Å². The van der Waals surface area contributed by atoms with Gasteiger partial charge in [0.25, 0.3) is 0 Å². The standard InChI is InChI=1S/C7H13NO/c1-4-6-7-8(3)9-5-2/h4,6-7H,1,5H2,2-3H3/b7-6-. The lowest BCUT2D eigenvalue weighted by atomic mass is 10.6. The van der Waals surface area contributed by atoms with Gasteiger partial charge < -0.3 is 0 Å². The molecule has 0 rings (SSSR count). The molecule has 0 aliphatic heterocycles. The van der Waals surface area contributed by atoms with Crippen LogP contribution >= 0.6 is 0 Å². The molecule has 0 aromatic heterocycles. The Labute approximate surface area is 56.4 Å². The van der Waals surface area contributed by atoms with Gasteiger partial charge in [0.15, 0.2) is 0 Å². The van der Waals surface area contributed by atoms with Crippen LogP contribution in [0.4, 0.5) is 0 Å². The molecule has 0 aliphatic carbocycles. The van der Waals surface area contributed by atoms with Crippen LogP contribution in [0, 0.1) is 0 Å². The summed E-state index contributed by atoms with van der Waals surface area (Å²) in [4.78, 5) is 5.04. The molecule has 0 amide bonds. The van der Waals surface area contributed by atoms with Crippen LogP contribution in [0.5, 0.6) is 0 Å². The summed E-state index contributed by atoms with van der Waals surface area (Å²) in [6.45, 7) is 6.16. The first kappa shape index (κ1) is 8.24. The van der Waals surface area contributed by atoms with E-state index in [-0.39, 0.29) is 0 Å². The normalized spacial score (nSPS) is 10.0. The van der Waals surface area contributed by atoms with Gasteiger partial charge in [0, 0.05) is 13.2 Å². The molecular weight excluding hydrogens is 114 g/mol. The van der Waals surface area contributed by atoms with Crippen LogP contribution in [-0.2, 0) is 4.84 Å². The van der Waals surface area contributed by atoms with Gasteiger partial charge >= 0.3 is 0 Å². The third kappa shape index (κ3) is 5.11. The maximum absolute atomic E-state index is 5.04. The molecule has 0 saturated carbocycles. The molecule has 0 N–H and O–H groups in total. The molecule has 0 heterocycles. The van der Waals surface area contributed by atoms with Gasteiger partial charge in [-0.25, -0.2) is 0 Å². The molecule has 0 bridgehead atoms. The van der Waals surface area contributed by atoms with Crippen molar-refractivity contribution in [2.75, 3.05) is 13.7 Å². The SMILES string of the molecule is C=C/C=C\N(C)OCC. The molecular formula is C7H13NO. The van der Waals surface area contributed by atoms with Gasteiger partial charge in [0.2, 0.25) is 0 Å². The second kappa shape index (κ2) is 5.38. The van der Waals surface area contributed by atoms with Crippen molar-refractivity contribution in [2.45, 2.75) is 6.92 Å². The molecule has 2 heteroatoms. The van der Waals surface area contributed by atoms with Crippen LogP contribution in [0.15, 0.2) is 24.9 Å². The average molecular weight is 127 g/mol. The van der Waals surface area contributed by atoms with E-state index in [1.807, 2.05) is 20.0 Å². The Morgan fingerprint density at radius 1 is 1.67 bits per heavy atom. The van der Waals surface area contributed by atoms with Crippen molar-refractivity contribution in [1.82, 2.24) is 5.06 Å². The Hall–Kier alpha value is -0.760. The predicted molar refractivity (Wildman–Crippen MR) is 38.7 cm³/mol. The van der Waals surface area contributed by atoms with Gasteiger partial charge in [-0.05, 0) is 13.0 Å². The number of allylic oxidation sites excluding steroid dienone is 2. The van der Waals surface area contributed by atoms with Crippen LogP contribution in [0.3, 0.4) is 0 Å². The molecule has 0 fully saturated rings. The molecule has 0 atom stereocenters. The zero-order valence-corrected chi connectivity index (χ0v) is 6.00. The summed E-state index contributed by atoms with van der Waals surface area (Å²) >= 11 is 0. The van der Waals surface area contributed by atoms with Gasteiger partial charge in [-0.15, -0.1) is 0 Å². The Kier molecular flexibility index (Phi) is 4.92. The Balaban J connectivity index is 3.35. The number of hydrogen-bond donors (Lipinski definition) is 0. The Morgan fingerprint density at radius 2 is 2.33 bits per heavy atom. The average Bonchev–Trinajstić information content (AvgIpc) is 1.85. The second-order valence-electron chi connectivity index (χ2n) is 1.54. The third-order valence-electron chi connectivity index (χ3n) is 0.765. The smallest absolute Gasteiger partial charge is 0.0720 e. The zero-order valence-electron chi connectivity index (χ0n) is 6.00. The lowest BCUT2D eigenvalue weighted by molar-refractivity contribution is -0.0937. The van der Waals surface area contributed by atoms with E-state index in [1.54, 1.807) is 17.3 Å². The Morgan fingerprint density at radius 3 is 2.78 bits per heavy atom. The van der Waals surface area contributed by atoms with Gasteiger partial charge in [-0.1, -0.05) is 12.7 Å².